The van der Waals surface area contributed by atoms with Crippen LogP contribution in [0.3, 0.4) is 0 Å². The van der Waals surface area contributed by atoms with Gasteiger partial charge in [0.25, 0.3) is 0 Å². The summed E-state index contributed by atoms with van der Waals surface area (Å²) in [5.41, 5.74) is 1.28. The molecule has 0 aromatic heterocycles. The van der Waals surface area contributed by atoms with Gasteiger partial charge < -0.3 is 0 Å². The highest BCUT2D eigenvalue weighted by molar-refractivity contribution is 8.04. The highest BCUT2D eigenvalue weighted by Gasteiger charge is 2.13. The fourth-order valence-electron chi connectivity index (χ4n) is 0.986. The lowest BCUT2D eigenvalue weighted by atomic mass is 10.1. The lowest BCUT2D eigenvalue weighted by molar-refractivity contribution is 1.34. The van der Waals surface area contributed by atoms with Crippen molar-refractivity contribution in [3.05, 3.63) is 23.1 Å². The number of nitrogens with zero attached hydrogens (tertiary/aromatic N) is 1. The molecule has 2 heteroatoms. The summed E-state index contributed by atoms with van der Waals surface area (Å²) in [6.45, 7) is 0. The number of fused-ring (bicyclic) bond motifs is 1. The van der Waals surface area contributed by atoms with Crippen molar-refractivity contribution in [3.63, 3.8) is 0 Å². The van der Waals surface area contributed by atoms with Gasteiger partial charge in [0.15, 0.2) is 0 Å². The summed E-state index contributed by atoms with van der Waals surface area (Å²) in [6, 6.07) is 0. The first-order valence-corrected chi connectivity index (χ1v) is 3.99. The molecule has 0 aromatic rings. The van der Waals surface area contributed by atoms with Crippen molar-refractivity contribution in [2.45, 2.75) is 6.42 Å². The second-order valence-corrected chi connectivity index (χ2v) is 3.03. The van der Waals surface area contributed by atoms with Gasteiger partial charge in [0.2, 0.25) is 0 Å². The van der Waals surface area contributed by atoms with Crippen LogP contribution in [0, 0.1) is 0 Å². The highest BCUT2D eigenvalue weighted by Crippen LogP contribution is 2.28. The SMILES string of the molecule is C1=CCC2=NCSC2=C1. The summed E-state index contributed by atoms with van der Waals surface area (Å²) < 4.78 is 0. The monoisotopic (exact) mass is 137 g/mol. The van der Waals surface area contributed by atoms with E-state index in [1.54, 1.807) is 0 Å². The molecule has 2 rings (SSSR count). The minimum Gasteiger partial charge on any atom is -0.277 e. The molecule has 1 aliphatic heterocycles. The van der Waals surface area contributed by atoms with Crippen molar-refractivity contribution in [3.8, 4) is 0 Å². The van der Waals surface area contributed by atoms with Gasteiger partial charge in [-0.05, 0) is 6.08 Å². The molecule has 1 aliphatic carbocycles. The molecule has 46 valence electrons. The summed E-state index contributed by atoms with van der Waals surface area (Å²) in [5.74, 6) is 0.933. The molecule has 0 saturated carbocycles. The van der Waals surface area contributed by atoms with Crippen LogP contribution < -0.4 is 0 Å². The van der Waals surface area contributed by atoms with Crippen molar-refractivity contribution in [1.29, 1.82) is 0 Å². The van der Waals surface area contributed by atoms with Crippen LogP contribution in [0.2, 0.25) is 0 Å². The van der Waals surface area contributed by atoms with Crippen LogP contribution in [-0.2, 0) is 0 Å². The van der Waals surface area contributed by atoms with E-state index in [1.165, 1.54) is 10.6 Å². The number of aliphatic imine (C=N–C) groups is 1. The van der Waals surface area contributed by atoms with Crippen LogP contribution in [-0.4, -0.2) is 11.6 Å². The van der Waals surface area contributed by atoms with E-state index in [-0.39, 0.29) is 0 Å². The van der Waals surface area contributed by atoms with E-state index < -0.39 is 0 Å². The number of hydrogen-bond acceptors (Lipinski definition) is 2. The van der Waals surface area contributed by atoms with Crippen molar-refractivity contribution in [2.24, 2.45) is 4.99 Å². The van der Waals surface area contributed by atoms with Gasteiger partial charge in [0.05, 0.1) is 11.6 Å². The van der Waals surface area contributed by atoms with Crippen LogP contribution in [0.4, 0.5) is 0 Å². The summed E-state index contributed by atoms with van der Waals surface area (Å²) >= 11 is 1.83. The molecule has 0 spiro atoms. The van der Waals surface area contributed by atoms with Crippen LogP contribution in [0.15, 0.2) is 28.1 Å². The Labute approximate surface area is 58.6 Å². The first-order valence-electron chi connectivity index (χ1n) is 3.00. The van der Waals surface area contributed by atoms with Gasteiger partial charge in [0.1, 0.15) is 0 Å². The molecule has 0 aromatic carbocycles. The zero-order valence-corrected chi connectivity index (χ0v) is 5.82. The van der Waals surface area contributed by atoms with Crippen LogP contribution >= 0.6 is 11.8 Å². The summed E-state index contributed by atoms with van der Waals surface area (Å²) in [5, 5.41) is 0. The molecule has 0 unspecified atom stereocenters. The molecule has 0 amide bonds. The van der Waals surface area contributed by atoms with E-state index in [9.17, 15) is 0 Å². The quantitative estimate of drug-likeness (QED) is 0.497. The molecule has 2 aliphatic rings. The number of hydrogen-bond donors (Lipinski definition) is 0. The molecular weight excluding hydrogens is 130 g/mol. The van der Waals surface area contributed by atoms with Gasteiger partial charge in [0, 0.05) is 11.3 Å². The standard InChI is InChI=1S/C7H7NS/c1-2-4-7-6(3-1)8-5-9-7/h1-2,4H,3,5H2. The highest BCUT2D eigenvalue weighted by atomic mass is 32.2. The molecule has 1 heterocycles. The third-order valence-electron chi connectivity index (χ3n) is 1.45. The van der Waals surface area contributed by atoms with Crippen molar-refractivity contribution < 1.29 is 0 Å². The van der Waals surface area contributed by atoms with Crippen LogP contribution in [0.1, 0.15) is 6.42 Å². The minimum absolute atomic E-state index is 0.933. The van der Waals surface area contributed by atoms with E-state index in [4.69, 9.17) is 0 Å². The third-order valence-corrected chi connectivity index (χ3v) is 2.40. The maximum atomic E-state index is 4.32. The second kappa shape index (κ2) is 2.03. The maximum absolute atomic E-state index is 4.32. The van der Waals surface area contributed by atoms with E-state index in [0.717, 1.165) is 12.3 Å². The fourth-order valence-corrected chi connectivity index (χ4v) is 1.83. The molecule has 1 nitrogen and oxygen atoms in total. The summed E-state index contributed by atoms with van der Waals surface area (Å²) in [6.07, 6.45) is 7.43. The Balaban J connectivity index is 2.37. The molecular formula is C7H7NS. The van der Waals surface area contributed by atoms with Gasteiger partial charge in [-0.3, -0.25) is 4.99 Å². The van der Waals surface area contributed by atoms with E-state index in [0.29, 0.717) is 0 Å². The zero-order chi connectivity index (χ0) is 6.10. The average Bonchev–Trinajstić information content (AvgIpc) is 2.33. The summed E-state index contributed by atoms with van der Waals surface area (Å²) in [7, 11) is 0. The number of allylic oxidation sites excluding steroid dienone is 4. The van der Waals surface area contributed by atoms with Crippen LogP contribution in [0.5, 0.6) is 0 Å². The molecule has 9 heavy (non-hydrogen) atoms. The van der Waals surface area contributed by atoms with Gasteiger partial charge in [-0.25, -0.2) is 0 Å². The Morgan fingerprint density at radius 2 is 2.56 bits per heavy atom. The van der Waals surface area contributed by atoms with Gasteiger partial charge in [-0.15, -0.1) is 11.8 Å². The Bertz CT molecular complexity index is 213. The van der Waals surface area contributed by atoms with Crippen LogP contribution in [0.25, 0.3) is 0 Å². The number of thioether (sulfide) groups is 1. The lowest BCUT2D eigenvalue weighted by Gasteiger charge is -2.00. The van der Waals surface area contributed by atoms with Crippen molar-refractivity contribution >= 4 is 17.5 Å². The van der Waals surface area contributed by atoms with E-state index in [1.807, 2.05) is 11.8 Å². The predicted octanol–water partition coefficient (Wildman–Crippen LogP) is 1.98. The third kappa shape index (κ3) is 0.833. The predicted molar refractivity (Wildman–Crippen MR) is 41.7 cm³/mol. The Hall–Kier alpha value is -0.500. The molecule has 0 radical (unpaired) electrons. The van der Waals surface area contributed by atoms with Gasteiger partial charge in [-0.1, -0.05) is 12.2 Å². The number of rotatable bonds is 0. The molecule has 0 fully saturated rings. The molecule has 0 bridgehead atoms. The normalized spacial score (nSPS) is 23.1. The Morgan fingerprint density at radius 1 is 1.56 bits per heavy atom. The average molecular weight is 137 g/mol. The maximum Gasteiger partial charge on any atom is 0.0894 e. The largest absolute Gasteiger partial charge is 0.277 e. The Kier molecular flexibility index (Phi) is 1.19. The molecule has 0 atom stereocenters. The van der Waals surface area contributed by atoms with E-state index >= 15 is 0 Å². The first kappa shape index (κ1) is 5.30. The first-order chi connectivity index (χ1) is 4.47. The molecule has 0 saturated heterocycles. The van der Waals surface area contributed by atoms with Gasteiger partial charge >= 0.3 is 0 Å². The van der Waals surface area contributed by atoms with Crippen molar-refractivity contribution in [2.75, 3.05) is 5.88 Å². The smallest absolute Gasteiger partial charge is 0.0894 e. The lowest BCUT2D eigenvalue weighted by Crippen LogP contribution is -1.95. The Morgan fingerprint density at radius 3 is 3.44 bits per heavy atom. The zero-order valence-electron chi connectivity index (χ0n) is 5.00. The second-order valence-electron chi connectivity index (χ2n) is 2.04. The topological polar surface area (TPSA) is 12.4 Å². The van der Waals surface area contributed by atoms with Crippen molar-refractivity contribution in [1.82, 2.24) is 0 Å². The fraction of sp³-hybridized carbons (Fsp3) is 0.286. The molecule has 0 N–H and O–H groups in total. The van der Waals surface area contributed by atoms with E-state index in [2.05, 4.69) is 23.2 Å². The van der Waals surface area contributed by atoms with Gasteiger partial charge in [-0.2, -0.15) is 0 Å². The minimum atomic E-state index is 0.933. The summed E-state index contributed by atoms with van der Waals surface area (Å²) in [4.78, 5) is 5.69.